The van der Waals surface area contributed by atoms with Crippen molar-refractivity contribution in [3.8, 4) is 0 Å². The standard InChI is InChI=1S/C12H17N.ClH/c1-4-10-13-12(2,3)11-8-6-5-7-9-11;/h4-9,13H,1,10H2,2-3H3;1H. The van der Waals surface area contributed by atoms with Crippen molar-refractivity contribution >= 4 is 12.4 Å². The van der Waals surface area contributed by atoms with E-state index in [1.807, 2.05) is 12.1 Å². The molecule has 0 atom stereocenters. The zero-order valence-corrected chi connectivity index (χ0v) is 9.60. The van der Waals surface area contributed by atoms with E-state index in [9.17, 15) is 0 Å². The highest BCUT2D eigenvalue weighted by molar-refractivity contribution is 5.85. The van der Waals surface area contributed by atoms with Crippen LogP contribution in [-0.4, -0.2) is 6.54 Å². The van der Waals surface area contributed by atoms with Gasteiger partial charge in [-0.2, -0.15) is 0 Å². The molecule has 0 amide bonds. The zero-order chi connectivity index (χ0) is 9.73. The van der Waals surface area contributed by atoms with E-state index in [2.05, 4.69) is 50.0 Å². The molecule has 14 heavy (non-hydrogen) atoms. The van der Waals surface area contributed by atoms with Gasteiger partial charge < -0.3 is 5.32 Å². The van der Waals surface area contributed by atoms with Crippen molar-refractivity contribution in [1.29, 1.82) is 0 Å². The van der Waals surface area contributed by atoms with Crippen molar-refractivity contribution in [1.82, 2.24) is 5.32 Å². The summed E-state index contributed by atoms with van der Waals surface area (Å²) in [5, 5.41) is 3.41. The molecular formula is C12H18ClN. The van der Waals surface area contributed by atoms with Gasteiger partial charge in [0.25, 0.3) is 0 Å². The third-order valence-electron chi connectivity index (χ3n) is 2.18. The van der Waals surface area contributed by atoms with Gasteiger partial charge in [0.1, 0.15) is 0 Å². The first-order valence-electron chi connectivity index (χ1n) is 4.58. The highest BCUT2D eigenvalue weighted by Crippen LogP contribution is 2.18. The third kappa shape index (κ3) is 3.52. The maximum atomic E-state index is 3.69. The molecule has 0 aromatic heterocycles. The molecule has 0 bridgehead atoms. The highest BCUT2D eigenvalue weighted by Gasteiger charge is 2.17. The Kier molecular flexibility index (Phi) is 5.51. The summed E-state index contributed by atoms with van der Waals surface area (Å²) in [7, 11) is 0. The number of benzene rings is 1. The van der Waals surface area contributed by atoms with Gasteiger partial charge in [-0.05, 0) is 19.4 Å². The quantitative estimate of drug-likeness (QED) is 0.755. The van der Waals surface area contributed by atoms with Gasteiger partial charge in [0.05, 0.1) is 0 Å². The Morgan fingerprint density at radius 3 is 2.36 bits per heavy atom. The van der Waals surface area contributed by atoms with E-state index in [4.69, 9.17) is 0 Å². The topological polar surface area (TPSA) is 12.0 Å². The Balaban J connectivity index is 0.00000169. The van der Waals surface area contributed by atoms with Crippen LogP contribution in [0.4, 0.5) is 0 Å². The molecule has 78 valence electrons. The first-order valence-corrected chi connectivity index (χ1v) is 4.58. The highest BCUT2D eigenvalue weighted by atomic mass is 35.5. The van der Waals surface area contributed by atoms with Crippen LogP contribution in [0, 0.1) is 0 Å². The molecule has 0 aliphatic rings. The molecule has 1 rings (SSSR count). The van der Waals surface area contributed by atoms with E-state index < -0.39 is 0 Å². The molecule has 0 heterocycles. The Hall–Kier alpha value is -0.790. The van der Waals surface area contributed by atoms with Crippen LogP contribution in [0.2, 0.25) is 0 Å². The number of halogens is 1. The van der Waals surface area contributed by atoms with Crippen LogP contribution in [0.25, 0.3) is 0 Å². The number of hydrogen-bond donors (Lipinski definition) is 1. The largest absolute Gasteiger partial charge is 0.304 e. The summed E-state index contributed by atoms with van der Waals surface area (Å²) in [5.41, 5.74) is 1.33. The second-order valence-corrected chi connectivity index (χ2v) is 3.66. The van der Waals surface area contributed by atoms with Crippen molar-refractivity contribution in [2.75, 3.05) is 6.54 Å². The first-order chi connectivity index (χ1) is 6.17. The fourth-order valence-electron chi connectivity index (χ4n) is 1.28. The van der Waals surface area contributed by atoms with Crippen LogP contribution >= 0.6 is 12.4 Å². The molecular weight excluding hydrogens is 194 g/mol. The van der Waals surface area contributed by atoms with Crippen molar-refractivity contribution in [3.05, 3.63) is 48.6 Å². The molecule has 2 heteroatoms. The molecule has 1 N–H and O–H groups in total. The molecule has 0 radical (unpaired) electrons. The smallest absolute Gasteiger partial charge is 0.0380 e. The summed E-state index contributed by atoms with van der Waals surface area (Å²) in [4.78, 5) is 0. The Bertz CT molecular complexity index is 267. The maximum Gasteiger partial charge on any atom is 0.0380 e. The minimum Gasteiger partial charge on any atom is -0.304 e. The summed E-state index contributed by atoms with van der Waals surface area (Å²) in [5.74, 6) is 0. The molecule has 1 aromatic carbocycles. The fraction of sp³-hybridized carbons (Fsp3) is 0.333. The van der Waals surface area contributed by atoms with Gasteiger partial charge in [-0.3, -0.25) is 0 Å². The molecule has 0 aliphatic carbocycles. The SMILES string of the molecule is C=CCNC(C)(C)c1ccccc1.Cl. The van der Waals surface area contributed by atoms with E-state index in [0.29, 0.717) is 0 Å². The van der Waals surface area contributed by atoms with E-state index >= 15 is 0 Å². The van der Waals surface area contributed by atoms with Crippen molar-refractivity contribution in [2.45, 2.75) is 19.4 Å². The lowest BCUT2D eigenvalue weighted by atomic mass is 9.94. The monoisotopic (exact) mass is 211 g/mol. The lowest BCUT2D eigenvalue weighted by molar-refractivity contribution is 0.425. The fourth-order valence-corrected chi connectivity index (χ4v) is 1.28. The van der Waals surface area contributed by atoms with Crippen LogP contribution in [0.5, 0.6) is 0 Å². The van der Waals surface area contributed by atoms with E-state index in [-0.39, 0.29) is 17.9 Å². The molecule has 0 spiro atoms. The summed E-state index contributed by atoms with van der Waals surface area (Å²) in [6.07, 6.45) is 1.88. The van der Waals surface area contributed by atoms with Gasteiger partial charge in [0.2, 0.25) is 0 Å². The molecule has 0 fully saturated rings. The molecule has 1 nitrogen and oxygen atoms in total. The van der Waals surface area contributed by atoms with Gasteiger partial charge in [-0.15, -0.1) is 19.0 Å². The zero-order valence-electron chi connectivity index (χ0n) is 8.79. The Morgan fingerprint density at radius 1 is 1.29 bits per heavy atom. The van der Waals surface area contributed by atoms with Gasteiger partial charge in [-0.1, -0.05) is 36.4 Å². The van der Waals surface area contributed by atoms with Crippen molar-refractivity contribution < 1.29 is 0 Å². The summed E-state index contributed by atoms with van der Waals surface area (Å²) in [6, 6.07) is 10.4. The van der Waals surface area contributed by atoms with Gasteiger partial charge >= 0.3 is 0 Å². The average molecular weight is 212 g/mol. The lowest BCUT2D eigenvalue weighted by Gasteiger charge is -2.26. The predicted octanol–water partition coefficient (Wildman–Crippen LogP) is 3.12. The average Bonchev–Trinajstić information content (AvgIpc) is 2.16. The van der Waals surface area contributed by atoms with Crippen LogP contribution in [0.1, 0.15) is 19.4 Å². The van der Waals surface area contributed by atoms with Crippen LogP contribution in [0.3, 0.4) is 0 Å². The summed E-state index contributed by atoms with van der Waals surface area (Å²) >= 11 is 0. The summed E-state index contributed by atoms with van der Waals surface area (Å²) in [6.45, 7) is 8.88. The third-order valence-corrected chi connectivity index (χ3v) is 2.18. The van der Waals surface area contributed by atoms with Crippen molar-refractivity contribution in [2.24, 2.45) is 0 Å². The number of rotatable bonds is 4. The first kappa shape index (κ1) is 13.2. The van der Waals surface area contributed by atoms with Gasteiger partial charge in [-0.25, -0.2) is 0 Å². The molecule has 0 saturated heterocycles. The minimum absolute atomic E-state index is 0. The molecule has 0 aliphatic heterocycles. The number of hydrogen-bond acceptors (Lipinski definition) is 1. The second kappa shape index (κ2) is 5.84. The Labute approximate surface area is 92.6 Å². The van der Waals surface area contributed by atoms with E-state index in [1.54, 1.807) is 0 Å². The van der Waals surface area contributed by atoms with Gasteiger partial charge in [0, 0.05) is 12.1 Å². The molecule has 0 saturated carbocycles. The molecule has 1 aromatic rings. The normalized spacial score (nSPS) is 10.4. The lowest BCUT2D eigenvalue weighted by Crippen LogP contribution is -2.36. The maximum absolute atomic E-state index is 3.69. The second-order valence-electron chi connectivity index (χ2n) is 3.66. The molecule has 0 unspecified atom stereocenters. The Morgan fingerprint density at radius 2 is 1.86 bits per heavy atom. The van der Waals surface area contributed by atoms with Gasteiger partial charge in [0.15, 0.2) is 0 Å². The van der Waals surface area contributed by atoms with Crippen LogP contribution in [0.15, 0.2) is 43.0 Å². The van der Waals surface area contributed by atoms with Crippen LogP contribution in [-0.2, 0) is 5.54 Å². The van der Waals surface area contributed by atoms with E-state index in [1.165, 1.54) is 5.56 Å². The van der Waals surface area contributed by atoms with Crippen molar-refractivity contribution in [3.63, 3.8) is 0 Å². The summed E-state index contributed by atoms with van der Waals surface area (Å²) < 4.78 is 0. The van der Waals surface area contributed by atoms with E-state index in [0.717, 1.165) is 6.54 Å². The number of nitrogens with one attached hydrogen (secondary N) is 1. The minimum atomic E-state index is 0. The van der Waals surface area contributed by atoms with Crippen LogP contribution < -0.4 is 5.32 Å². The predicted molar refractivity (Wildman–Crippen MR) is 64.9 cm³/mol.